The van der Waals surface area contributed by atoms with Crippen LogP contribution in [-0.2, 0) is 9.53 Å². The minimum atomic E-state index is -0.660. The second-order valence-corrected chi connectivity index (χ2v) is 6.43. The number of ether oxygens (including phenoxy) is 1. The molecular weight excluding hydrogens is 360 g/mol. The van der Waals surface area contributed by atoms with Crippen molar-refractivity contribution in [3.8, 4) is 0 Å². The van der Waals surface area contributed by atoms with E-state index in [0.29, 0.717) is 16.8 Å². The Labute approximate surface area is 163 Å². The Morgan fingerprint density at radius 3 is 2.26 bits per heavy atom. The topological polar surface area (TPSA) is 58.6 Å². The molecule has 1 heterocycles. The van der Waals surface area contributed by atoms with Crippen molar-refractivity contribution >= 4 is 29.2 Å². The molecule has 2 aromatic rings. The van der Waals surface area contributed by atoms with E-state index in [2.05, 4.69) is 5.32 Å². The van der Waals surface area contributed by atoms with Gasteiger partial charge in [-0.1, -0.05) is 48.5 Å². The van der Waals surface area contributed by atoms with Crippen LogP contribution in [0.4, 0.5) is 0 Å². The summed E-state index contributed by atoms with van der Waals surface area (Å²) in [5.74, 6) is -0.749. The quantitative estimate of drug-likeness (QED) is 0.649. The average Bonchev–Trinajstić information content (AvgIpc) is 2.68. The number of thiocarbonyl (C=S) groups is 1. The number of amides is 1. The number of carbonyl (C=O) groups is 2. The zero-order chi connectivity index (χ0) is 19.4. The largest absolute Gasteiger partial charge is 0.463 e. The van der Waals surface area contributed by atoms with Gasteiger partial charge in [-0.3, -0.25) is 9.69 Å². The van der Waals surface area contributed by atoms with Crippen LogP contribution >= 0.6 is 12.2 Å². The van der Waals surface area contributed by atoms with E-state index in [1.54, 1.807) is 38.1 Å². The van der Waals surface area contributed by atoms with Gasteiger partial charge >= 0.3 is 5.97 Å². The van der Waals surface area contributed by atoms with Crippen molar-refractivity contribution in [1.29, 1.82) is 0 Å². The molecule has 1 amide bonds. The normalized spacial score (nSPS) is 16.7. The molecule has 2 aromatic carbocycles. The van der Waals surface area contributed by atoms with Gasteiger partial charge in [0.1, 0.15) is 0 Å². The molecule has 0 unspecified atom stereocenters. The van der Waals surface area contributed by atoms with Gasteiger partial charge in [0, 0.05) is 11.3 Å². The Balaban J connectivity index is 2.14. The predicted octanol–water partition coefficient (Wildman–Crippen LogP) is 3.60. The van der Waals surface area contributed by atoms with Gasteiger partial charge in [0.25, 0.3) is 5.91 Å². The molecule has 1 N–H and O–H groups in total. The van der Waals surface area contributed by atoms with Gasteiger partial charge in [-0.2, -0.15) is 0 Å². The Morgan fingerprint density at radius 1 is 1.07 bits per heavy atom. The summed E-state index contributed by atoms with van der Waals surface area (Å²) in [6.45, 7) is 3.76. The number of benzene rings is 2. The number of hydrogen-bond donors (Lipinski definition) is 1. The number of esters is 1. The fourth-order valence-electron chi connectivity index (χ4n) is 3.09. The van der Waals surface area contributed by atoms with Crippen molar-refractivity contribution in [2.24, 2.45) is 0 Å². The highest BCUT2D eigenvalue weighted by molar-refractivity contribution is 7.80. The summed E-state index contributed by atoms with van der Waals surface area (Å²) in [7, 11) is 0. The number of nitrogens with one attached hydrogen (secondary N) is 1. The van der Waals surface area contributed by atoms with Crippen LogP contribution in [0.3, 0.4) is 0 Å². The van der Waals surface area contributed by atoms with Crippen LogP contribution < -0.4 is 5.32 Å². The van der Waals surface area contributed by atoms with Crippen LogP contribution in [0, 0.1) is 0 Å². The molecule has 0 fully saturated rings. The first-order chi connectivity index (χ1) is 13.0. The number of rotatable bonds is 4. The zero-order valence-corrected chi connectivity index (χ0v) is 16.0. The summed E-state index contributed by atoms with van der Waals surface area (Å²) in [6, 6.07) is 17.6. The summed E-state index contributed by atoms with van der Waals surface area (Å²) >= 11 is 5.47. The molecule has 5 nitrogen and oxygen atoms in total. The van der Waals surface area contributed by atoms with Crippen molar-refractivity contribution < 1.29 is 14.3 Å². The van der Waals surface area contributed by atoms with Gasteiger partial charge in [-0.25, -0.2) is 4.79 Å². The molecule has 0 radical (unpaired) electrons. The summed E-state index contributed by atoms with van der Waals surface area (Å²) in [4.78, 5) is 27.4. The lowest BCUT2D eigenvalue weighted by molar-refractivity contribution is -0.139. The van der Waals surface area contributed by atoms with Crippen molar-refractivity contribution in [1.82, 2.24) is 10.2 Å². The highest BCUT2D eigenvalue weighted by Crippen LogP contribution is 2.35. The van der Waals surface area contributed by atoms with E-state index in [1.165, 1.54) is 4.90 Å². The monoisotopic (exact) mass is 380 g/mol. The van der Waals surface area contributed by atoms with Gasteiger partial charge < -0.3 is 10.1 Å². The minimum absolute atomic E-state index is 0.244. The molecule has 6 heteroatoms. The molecule has 0 aromatic heterocycles. The predicted molar refractivity (Wildman–Crippen MR) is 107 cm³/mol. The standard InChI is InChI=1S/C21H20N2O3S/c1-3-26-20(25)17-14(2)22-21(27)23(18(17)15-10-6-4-7-11-15)19(24)16-12-8-5-9-13-16/h4-13,18H,3H2,1-2H3,(H,22,27)/t18-/m1/s1. The average molecular weight is 380 g/mol. The lowest BCUT2D eigenvalue weighted by Gasteiger charge is -2.38. The molecule has 0 saturated heterocycles. The Bertz CT molecular complexity index is 894. The van der Waals surface area contributed by atoms with Gasteiger partial charge in [0.05, 0.1) is 18.2 Å². The number of hydrogen-bond acceptors (Lipinski definition) is 4. The van der Waals surface area contributed by atoms with Crippen LogP contribution in [0.2, 0.25) is 0 Å². The third-order valence-corrected chi connectivity index (χ3v) is 4.60. The van der Waals surface area contributed by atoms with E-state index < -0.39 is 12.0 Å². The maximum Gasteiger partial charge on any atom is 0.338 e. The molecule has 138 valence electrons. The van der Waals surface area contributed by atoms with E-state index in [0.717, 1.165) is 5.56 Å². The summed E-state index contributed by atoms with van der Waals surface area (Å²) in [6.07, 6.45) is 0. The summed E-state index contributed by atoms with van der Waals surface area (Å²) < 4.78 is 5.25. The second kappa shape index (κ2) is 8.14. The van der Waals surface area contributed by atoms with Gasteiger partial charge in [-0.15, -0.1) is 0 Å². The smallest absolute Gasteiger partial charge is 0.338 e. The maximum atomic E-state index is 13.3. The van der Waals surface area contributed by atoms with Crippen molar-refractivity contribution in [3.05, 3.63) is 83.1 Å². The minimum Gasteiger partial charge on any atom is -0.463 e. The molecule has 3 rings (SSSR count). The first-order valence-corrected chi connectivity index (χ1v) is 9.07. The number of allylic oxidation sites excluding steroid dienone is 1. The molecule has 0 spiro atoms. The molecular formula is C21H20N2O3S. The molecule has 0 saturated carbocycles. The van der Waals surface area contributed by atoms with Crippen molar-refractivity contribution in [3.63, 3.8) is 0 Å². The molecule has 1 atom stereocenters. The van der Waals surface area contributed by atoms with Crippen molar-refractivity contribution in [2.45, 2.75) is 19.9 Å². The van der Waals surface area contributed by atoms with E-state index in [9.17, 15) is 9.59 Å². The third-order valence-electron chi connectivity index (χ3n) is 4.30. The van der Waals surface area contributed by atoms with Gasteiger partial charge in [-0.05, 0) is 43.8 Å². The SMILES string of the molecule is CCOC(=O)C1=C(C)NC(=S)N(C(=O)c2ccccc2)[C@@H]1c1ccccc1. The fourth-order valence-corrected chi connectivity index (χ4v) is 3.43. The maximum absolute atomic E-state index is 13.3. The molecule has 1 aliphatic rings. The molecule has 0 aliphatic carbocycles. The number of nitrogens with zero attached hydrogens (tertiary/aromatic N) is 1. The van der Waals surface area contributed by atoms with Gasteiger partial charge in [0.2, 0.25) is 0 Å². The fraction of sp³-hybridized carbons (Fsp3) is 0.190. The Hall–Kier alpha value is -2.99. The van der Waals surface area contributed by atoms with E-state index in [4.69, 9.17) is 17.0 Å². The van der Waals surface area contributed by atoms with Gasteiger partial charge in [0.15, 0.2) is 5.11 Å². The lowest BCUT2D eigenvalue weighted by Crippen LogP contribution is -2.51. The van der Waals surface area contributed by atoms with Crippen LogP contribution in [0.1, 0.15) is 35.8 Å². The van der Waals surface area contributed by atoms with E-state index in [-0.39, 0.29) is 17.6 Å². The van der Waals surface area contributed by atoms with Crippen LogP contribution in [0.15, 0.2) is 71.9 Å². The van der Waals surface area contributed by atoms with E-state index in [1.807, 2.05) is 36.4 Å². The first kappa shape index (κ1) is 18.8. The Morgan fingerprint density at radius 2 is 1.67 bits per heavy atom. The third kappa shape index (κ3) is 3.75. The van der Waals surface area contributed by atoms with Crippen LogP contribution in [-0.4, -0.2) is 28.5 Å². The lowest BCUT2D eigenvalue weighted by atomic mass is 9.93. The van der Waals surface area contributed by atoms with Crippen LogP contribution in [0.25, 0.3) is 0 Å². The molecule has 1 aliphatic heterocycles. The summed E-state index contributed by atoms with van der Waals surface area (Å²) in [5, 5.41) is 3.24. The second-order valence-electron chi connectivity index (χ2n) is 6.04. The molecule has 0 bridgehead atoms. The highest BCUT2D eigenvalue weighted by Gasteiger charge is 2.40. The zero-order valence-electron chi connectivity index (χ0n) is 15.1. The molecule has 27 heavy (non-hydrogen) atoms. The highest BCUT2D eigenvalue weighted by atomic mass is 32.1. The first-order valence-electron chi connectivity index (χ1n) is 8.67. The van der Waals surface area contributed by atoms with Crippen molar-refractivity contribution in [2.75, 3.05) is 6.61 Å². The summed E-state index contributed by atoms with van der Waals surface area (Å²) in [5.41, 5.74) is 2.24. The van der Waals surface area contributed by atoms with E-state index >= 15 is 0 Å². The van der Waals surface area contributed by atoms with Crippen LogP contribution in [0.5, 0.6) is 0 Å². The Kier molecular flexibility index (Phi) is 5.66. The number of carbonyl (C=O) groups excluding carboxylic acids is 2.